The van der Waals surface area contributed by atoms with Crippen LogP contribution in [0.2, 0.25) is 0 Å². The molecular formula is C10H14N4O3S. The number of benzene rings is 1. The van der Waals surface area contributed by atoms with Crippen LogP contribution in [0.1, 0.15) is 6.92 Å². The predicted molar refractivity (Wildman–Crippen MR) is 67.8 cm³/mol. The van der Waals surface area contributed by atoms with Gasteiger partial charge >= 0.3 is 5.69 Å². The van der Waals surface area contributed by atoms with Crippen LogP contribution in [-0.4, -0.2) is 31.0 Å². The molecule has 1 atom stereocenters. The summed E-state index contributed by atoms with van der Waals surface area (Å²) >= 11 is 0. The smallest absolute Gasteiger partial charge is 0.323 e. The molecule has 1 heterocycles. The molecule has 1 aromatic carbocycles. The summed E-state index contributed by atoms with van der Waals surface area (Å²) in [5, 5.41) is 0. The third kappa shape index (κ3) is 2.45. The lowest BCUT2D eigenvalue weighted by molar-refractivity contribution is 0.563. The van der Waals surface area contributed by atoms with Crippen LogP contribution in [0, 0.1) is 0 Å². The van der Waals surface area contributed by atoms with E-state index in [1.807, 2.05) is 0 Å². The summed E-state index contributed by atoms with van der Waals surface area (Å²) in [5.74, 6) is 0. The van der Waals surface area contributed by atoms with Crippen LogP contribution >= 0.6 is 0 Å². The number of rotatable bonds is 4. The molecule has 1 unspecified atom stereocenters. The molecule has 0 amide bonds. The molecule has 2 rings (SSSR count). The van der Waals surface area contributed by atoms with E-state index in [9.17, 15) is 13.2 Å². The minimum Gasteiger partial charge on any atom is -0.329 e. The molecule has 0 saturated heterocycles. The van der Waals surface area contributed by atoms with Crippen molar-refractivity contribution in [2.75, 3.05) is 6.54 Å². The predicted octanol–water partition coefficient (Wildman–Crippen LogP) is -0.518. The first-order valence-corrected chi connectivity index (χ1v) is 6.85. The summed E-state index contributed by atoms with van der Waals surface area (Å²) in [6.45, 7) is 1.89. The maximum Gasteiger partial charge on any atom is 0.323 e. The minimum atomic E-state index is -3.62. The van der Waals surface area contributed by atoms with Crippen LogP contribution in [0.4, 0.5) is 0 Å². The molecule has 0 aliphatic heterocycles. The van der Waals surface area contributed by atoms with E-state index < -0.39 is 10.0 Å². The molecule has 0 aliphatic carbocycles. The van der Waals surface area contributed by atoms with Crippen LogP contribution in [0.5, 0.6) is 0 Å². The topological polar surface area (TPSA) is 121 Å². The average Bonchev–Trinajstić information content (AvgIpc) is 2.67. The molecule has 8 heteroatoms. The van der Waals surface area contributed by atoms with E-state index in [2.05, 4.69) is 14.7 Å². The van der Waals surface area contributed by atoms with E-state index in [0.29, 0.717) is 11.0 Å². The van der Waals surface area contributed by atoms with E-state index in [-0.39, 0.29) is 23.2 Å². The van der Waals surface area contributed by atoms with Gasteiger partial charge < -0.3 is 15.7 Å². The summed E-state index contributed by atoms with van der Waals surface area (Å²) in [6.07, 6.45) is 0. The Morgan fingerprint density at radius 3 is 2.67 bits per heavy atom. The zero-order valence-electron chi connectivity index (χ0n) is 9.73. The second-order valence-electron chi connectivity index (χ2n) is 4.04. The Kier molecular flexibility index (Phi) is 3.24. The molecule has 98 valence electrons. The minimum absolute atomic E-state index is 0.0885. The van der Waals surface area contributed by atoms with Crippen molar-refractivity contribution in [2.45, 2.75) is 17.9 Å². The molecule has 7 nitrogen and oxygen atoms in total. The number of nitrogens with one attached hydrogen (secondary N) is 3. The number of aromatic amines is 2. The van der Waals surface area contributed by atoms with Gasteiger partial charge in [-0.1, -0.05) is 0 Å². The van der Waals surface area contributed by atoms with E-state index in [0.717, 1.165) is 0 Å². The fourth-order valence-corrected chi connectivity index (χ4v) is 2.84. The van der Waals surface area contributed by atoms with Crippen molar-refractivity contribution < 1.29 is 8.42 Å². The maximum atomic E-state index is 12.0. The summed E-state index contributed by atoms with van der Waals surface area (Å²) < 4.78 is 26.4. The lowest BCUT2D eigenvalue weighted by Gasteiger charge is -2.11. The Hall–Kier alpha value is -1.64. The van der Waals surface area contributed by atoms with E-state index in [4.69, 9.17) is 5.73 Å². The number of H-pyrrole nitrogens is 2. The van der Waals surface area contributed by atoms with Gasteiger partial charge in [0.25, 0.3) is 0 Å². The van der Waals surface area contributed by atoms with Gasteiger partial charge in [0.05, 0.1) is 15.9 Å². The van der Waals surface area contributed by atoms with Crippen molar-refractivity contribution in [1.29, 1.82) is 0 Å². The molecule has 0 fully saturated rings. The molecule has 18 heavy (non-hydrogen) atoms. The lowest BCUT2D eigenvalue weighted by atomic mass is 10.3. The van der Waals surface area contributed by atoms with Gasteiger partial charge in [-0.2, -0.15) is 0 Å². The Morgan fingerprint density at radius 1 is 1.33 bits per heavy atom. The fraction of sp³-hybridized carbons (Fsp3) is 0.300. The van der Waals surface area contributed by atoms with Gasteiger partial charge in [0.15, 0.2) is 0 Å². The molecule has 0 spiro atoms. The van der Waals surface area contributed by atoms with Gasteiger partial charge in [0.2, 0.25) is 10.0 Å². The van der Waals surface area contributed by atoms with Gasteiger partial charge in [-0.05, 0) is 25.1 Å². The van der Waals surface area contributed by atoms with Crippen molar-refractivity contribution in [3.63, 3.8) is 0 Å². The fourth-order valence-electron chi connectivity index (χ4n) is 1.56. The molecule has 0 radical (unpaired) electrons. The highest BCUT2D eigenvalue weighted by Gasteiger charge is 2.17. The number of imidazole rings is 1. The van der Waals surface area contributed by atoms with Gasteiger partial charge in [-0.15, -0.1) is 0 Å². The number of fused-ring (bicyclic) bond motifs is 1. The molecule has 2 aromatic rings. The van der Waals surface area contributed by atoms with Crippen molar-refractivity contribution in [2.24, 2.45) is 5.73 Å². The molecule has 0 bridgehead atoms. The maximum absolute atomic E-state index is 12.0. The van der Waals surface area contributed by atoms with Crippen LogP contribution in [0.15, 0.2) is 27.9 Å². The average molecular weight is 270 g/mol. The van der Waals surface area contributed by atoms with Crippen LogP contribution in [0.25, 0.3) is 11.0 Å². The number of hydrogen-bond acceptors (Lipinski definition) is 4. The zero-order chi connectivity index (χ0) is 13.3. The molecule has 0 aliphatic rings. The largest absolute Gasteiger partial charge is 0.329 e. The number of nitrogens with two attached hydrogens (primary N) is 1. The molecule has 0 saturated carbocycles. The molecular weight excluding hydrogens is 256 g/mol. The third-order valence-corrected chi connectivity index (χ3v) is 4.09. The lowest BCUT2D eigenvalue weighted by Crippen LogP contribution is -2.37. The summed E-state index contributed by atoms with van der Waals surface area (Å²) in [4.78, 5) is 16.2. The van der Waals surface area contributed by atoms with Crippen LogP contribution < -0.4 is 16.1 Å². The van der Waals surface area contributed by atoms with Crippen LogP contribution in [0.3, 0.4) is 0 Å². The first-order valence-electron chi connectivity index (χ1n) is 5.37. The third-order valence-electron chi connectivity index (χ3n) is 2.51. The number of sulfonamides is 1. The normalized spacial score (nSPS) is 13.9. The van der Waals surface area contributed by atoms with E-state index in [1.54, 1.807) is 6.92 Å². The molecule has 1 aromatic heterocycles. The van der Waals surface area contributed by atoms with Gasteiger partial charge in [0.1, 0.15) is 0 Å². The van der Waals surface area contributed by atoms with Gasteiger partial charge in [-0.3, -0.25) is 0 Å². The van der Waals surface area contributed by atoms with Gasteiger partial charge in [0, 0.05) is 12.6 Å². The second kappa shape index (κ2) is 4.56. The molecule has 5 N–H and O–H groups in total. The summed E-state index contributed by atoms with van der Waals surface area (Å²) in [6, 6.07) is 4.02. The highest BCUT2D eigenvalue weighted by atomic mass is 32.2. The zero-order valence-corrected chi connectivity index (χ0v) is 10.5. The van der Waals surface area contributed by atoms with E-state index in [1.165, 1.54) is 18.2 Å². The quantitative estimate of drug-likeness (QED) is 0.597. The Labute approximate surface area is 103 Å². The van der Waals surface area contributed by atoms with E-state index >= 15 is 0 Å². The first-order chi connectivity index (χ1) is 8.42. The monoisotopic (exact) mass is 270 g/mol. The van der Waals surface area contributed by atoms with Crippen molar-refractivity contribution >= 4 is 21.1 Å². The van der Waals surface area contributed by atoms with Crippen molar-refractivity contribution in [1.82, 2.24) is 14.7 Å². The highest BCUT2D eigenvalue weighted by Crippen LogP contribution is 2.15. The summed E-state index contributed by atoms with van der Waals surface area (Å²) in [7, 11) is -3.62. The van der Waals surface area contributed by atoms with Crippen molar-refractivity contribution in [3.05, 3.63) is 28.7 Å². The standard InChI is InChI=1S/C10H14N4O3S/c1-6(5-11)14-18(16,17)7-2-3-8-9(4-7)13-10(15)12-8/h2-4,6,14H,5,11H2,1H3,(H2,12,13,15). The SMILES string of the molecule is CC(CN)NS(=O)(=O)c1ccc2[nH]c(=O)[nH]c2c1. The summed E-state index contributed by atoms with van der Waals surface area (Å²) in [5.41, 5.74) is 6.01. The Bertz CT molecular complexity index is 716. The number of hydrogen-bond donors (Lipinski definition) is 4. The second-order valence-corrected chi connectivity index (χ2v) is 5.76. The Balaban J connectivity index is 2.44. The van der Waals surface area contributed by atoms with Crippen LogP contribution in [-0.2, 0) is 10.0 Å². The van der Waals surface area contributed by atoms with Gasteiger partial charge in [-0.25, -0.2) is 17.9 Å². The van der Waals surface area contributed by atoms with Crippen molar-refractivity contribution in [3.8, 4) is 0 Å². The first kappa shape index (κ1) is 12.8. The number of aromatic nitrogens is 2. The highest BCUT2D eigenvalue weighted by molar-refractivity contribution is 7.89. The Morgan fingerprint density at radius 2 is 2.00 bits per heavy atom.